The van der Waals surface area contributed by atoms with Gasteiger partial charge in [-0.25, -0.2) is 8.42 Å². The third-order valence-electron chi connectivity index (χ3n) is 6.69. The van der Waals surface area contributed by atoms with Gasteiger partial charge in [0.1, 0.15) is 10.6 Å². The number of rotatable bonds is 6. The van der Waals surface area contributed by atoms with Gasteiger partial charge in [0.2, 0.25) is 15.9 Å². The van der Waals surface area contributed by atoms with Gasteiger partial charge in [-0.1, -0.05) is 36.8 Å². The number of hydrogen-bond acceptors (Lipinski definition) is 4. The van der Waals surface area contributed by atoms with E-state index in [4.69, 9.17) is 4.74 Å². The fourth-order valence-electron chi connectivity index (χ4n) is 4.81. The zero-order valence-corrected chi connectivity index (χ0v) is 20.2. The molecule has 1 unspecified atom stereocenters. The second-order valence-electron chi connectivity index (χ2n) is 8.76. The highest BCUT2D eigenvalue weighted by atomic mass is 32.2. The fourth-order valence-corrected chi connectivity index (χ4v) is 6.52. The zero-order chi connectivity index (χ0) is 23.4. The second kappa shape index (κ2) is 10.1. The molecule has 1 atom stereocenters. The van der Waals surface area contributed by atoms with Crippen LogP contribution in [0.3, 0.4) is 0 Å². The van der Waals surface area contributed by atoms with Crippen LogP contribution < -0.4 is 4.74 Å². The average Bonchev–Trinajstić information content (AvgIpc) is 2.86. The highest BCUT2D eigenvalue weighted by molar-refractivity contribution is 7.89. The van der Waals surface area contributed by atoms with Gasteiger partial charge in [-0.3, -0.25) is 4.79 Å². The number of carbonyl (C=O) groups excluding carboxylic acids is 1. The van der Waals surface area contributed by atoms with Crippen LogP contribution in [-0.2, 0) is 21.2 Å². The Balaban J connectivity index is 1.55. The molecule has 7 heteroatoms. The lowest BCUT2D eigenvalue weighted by molar-refractivity contribution is -0.127. The summed E-state index contributed by atoms with van der Waals surface area (Å²) in [6, 6.07) is 13.4. The van der Waals surface area contributed by atoms with Crippen molar-refractivity contribution in [1.82, 2.24) is 9.21 Å². The number of fused-ring (bicyclic) bond motifs is 1. The molecule has 0 radical (unpaired) electrons. The van der Waals surface area contributed by atoms with Crippen molar-refractivity contribution < 1.29 is 17.9 Å². The number of benzene rings is 2. The maximum Gasteiger partial charge on any atom is 0.246 e. The molecule has 0 spiro atoms. The molecule has 1 saturated heterocycles. The lowest BCUT2D eigenvalue weighted by Crippen LogP contribution is -2.35. The third kappa shape index (κ3) is 4.99. The molecule has 33 heavy (non-hydrogen) atoms. The Morgan fingerprint density at radius 3 is 2.61 bits per heavy atom. The highest BCUT2D eigenvalue weighted by Gasteiger charge is 2.29. The molecule has 176 valence electrons. The first kappa shape index (κ1) is 23.5. The van der Waals surface area contributed by atoms with E-state index in [9.17, 15) is 13.2 Å². The molecule has 2 aromatic carbocycles. The summed E-state index contributed by atoms with van der Waals surface area (Å²) >= 11 is 0. The number of aryl methyl sites for hydroxylation is 1. The average molecular weight is 469 g/mol. The van der Waals surface area contributed by atoms with Gasteiger partial charge in [0, 0.05) is 26.2 Å². The van der Waals surface area contributed by atoms with Crippen LogP contribution in [0.15, 0.2) is 53.4 Å². The number of piperidine rings is 1. The molecular formula is C26H32N2O4S. The molecule has 4 rings (SSSR count). The third-order valence-corrected chi connectivity index (χ3v) is 8.61. The van der Waals surface area contributed by atoms with Crippen LogP contribution >= 0.6 is 0 Å². The first-order valence-electron chi connectivity index (χ1n) is 11.6. The first-order valence-corrected chi connectivity index (χ1v) is 13.1. The van der Waals surface area contributed by atoms with Crippen LogP contribution in [0, 0.1) is 0 Å². The van der Waals surface area contributed by atoms with Crippen molar-refractivity contribution in [2.24, 2.45) is 0 Å². The van der Waals surface area contributed by atoms with Crippen molar-refractivity contribution in [2.75, 3.05) is 27.2 Å². The van der Waals surface area contributed by atoms with E-state index in [-0.39, 0.29) is 16.8 Å². The molecule has 1 aliphatic carbocycles. The summed E-state index contributed by atoms with van der Waals surface area (Å²) in [7, 11) is -0.348. The first-order chi connectivity index (χ1) is 15.9. The summed E-state index contributed by atoms with van der Waals surface area (Å²) < 4.78 is 33.3. The molecule has 0 saturated carbocycles. The minimum absolute atomic E-state index is 0.0537. The summed E-state index contributed by atoms with van der Waals surface area (Å²) in [5.74, 6) is 0.216. The quantitative estimate of drug-likeness (QED) is 0.589. The van der Waals surface area contributed by atoms with E-state index in [0.29, 0.717) is 24.4 Å². The number of methoxy groups -OCH3 is 1. The number of ether oxygens (including phenoxy) is 1. The molecule has 1 aliphatic heterocycles. The van der Waals surface area contributed by atoms with Crippen LogP contribution in [0.1, 0.15) is 54.8 Å². The van der Waals surface area contributed by atoms with E-state index in [1.165, 1.54) is 28.6 Å². The topological polar surface area (TPSA) is 66.9 Å². The van der Waals surface area contributed by atoms with E-state index < -0.39 is 10.0 Å². The molecule has 1 fully saturated rings. The number of sulfonamides is 1. The molecule has 0 bridgehead atoms. The SMILES string of the molecule is COc1ccc(C=CC(=O)N(C)C2CCCc3ccccc32)cc1S(=O)(=O)N1CCCCC1. The van der Waals surface area contributed by atoms with E-state index in [0.717, 1.165) is 38.5 Å². The van der Waals surface area contributed by atoms with Crippen molar-refractivity contribution in [1.29, 1.82) is 0 Å². The Bertz CT molecular complexity index is 1140. The van der Waals surface area contributed by atoms with Crippen LogP contribution in [0.25, 0.3) is 6.08 Å². The summed E-state index contributed by atoms with van der Waals surface area (Å²) in [6.07, 6.45) is 9.03. The van der Waals surface area contributed by atoms with Gasteiger partial charge in [-0.05, 0) is 67.0 Å². The van der Waals surface area contributed by atoms with Gasteiger partial charge < -0.3 is 9.64 Å². The van der Waals surface area contributed by atoms with Gasteiger partial charge in [-0.2, -0.15) is 4.31 Å². The largest absolute Gasteiger partial charge is 0.495 e. The Hall–Kier alpha value is -2.64. The summed E-state index contributed by atoms with van der Waals surface area (Å²) in [5.41, 5.74) is 3.17. The monoisotopic (exact) mass is 468 g/mol. The molecule has 6 nitrogen and oxygen atoms in total. The number of nitrogens with zero attached hydrogens (tertiary/aromatic N) is 2. The van der Waals surface area contributed by atoms with Crippen molar-refractivity contribution in [2.45, 2.75) is 49.5 Å². The van der Waals surface area contributed by atoms with Crippen LogP contribution in [0.4, 0.5) is 0 Å². The molecule has 2 aliphatic rings. The number of likely N-dealkylation sites (N-methyl/N-ethyl adjacent to an activating group) is 1. The summed E-state index contributed by atoms with van der Waals surface area (Å²) in [4.78, 5) is 14.9. The predicted octanol–water partition coefficient (Wildman–Crippen LogP) is 4.42. The van der Waals surface area contributed by atoms with E-state index in [1.54, 1.807) is 29.2 Å². The number of amides is 1. The lowest BCUT2D eigenvalue weighted by Gasteiger charge is -2.32. The van der Waals surface area contributed by atoms with Crippen molar-refractivity contribution >= 4 is 22.0 Å². The minimum atomic E-state index is -3.65. The lowest BCUT2D eigenvalue weighted by atomic mass is 9.87. The van der Waals surface area contributed by atoms with Crippen molar-refractivity contribution in [3.8, 4) is 5.75 Å². The predicted molar refractivity (Wildman–Crippen MR) is 130 cm³/mol. The van der Waals surface area contributed by atoms with E-state index >= 15 is 0 Å². The molecule has 2 aromatic rings. The normalized spacial score (nSPS) is 19.3. The number of carbonyl (C=O) groups is 1. The Morgan fingerprint density at radius 1 is 1.09 bits per heavy atom. The molecule has 1 heterocycles. The van der Waals surface area contributed by atoms with E-state index in [1.807, 2.05) is 19.2 Å². The molecule has 0 aromatic heterocycles. The van der Waals surface area contributed by atoms with E-state index in [2.05, 4.69) is 12.1 Å². The van der Waals surface area contributed by atoms with Crippen molar-refractivity contribution in [3.05, 3.63) is 65.2 Å². The second-order valence-corrected chi connectivity index (χ2v) is 10.7. The maximum absolute atomic E-state index is 13.2. The molecule has 0 N–H and O–H groups in total. The van der Waals surface area contributed by atoms with Gasteiger partial charge in [0.25, 0.3) is 0 Å². The van der Waals surface area contributed by atoms with Crippen LogP contribution in [0.2, 0.25) is 0 Å². The summed E-state index contributed by atoms with van der Waals surface area (Å²) in [6.45, 7) is 1.05. The summed E-state index contributed by atoms with van der Waals surface area (Å²) in [5, 5.41) is 0. The van der Waals surface area contributed by atoms with Gasteiger partial charge in [0.15, 0.2) is 0 Å². The minimum Gasteiger partial charge on any atom is -0.495 e. The smallest absolute Gasteiger partial charge is 0.246 e. The zero-order valence-electron chi connectivity index (χ0n) is 19.4. The fraction of sp³-hybridized carbons (Fsp3) is 0.423. The standard InChI is InChI=1S/C26H32N2O4S/c1-27(23-12-8-10-21-9-4-5-11-22(21)23)26(29)16-14-20-13-15-24(32-2)25(19-20)33(30,31)28-17-6-3-7-18-28/h4-5,9,11,13-16,19,23H,3,6-8,10,12,17-18H2,1-2H3. The maximum atomic E-state index is 13.2. The number of hydrogen-bond donors (Lipinski definition) is 0. The van der Waals surface area contributed by atoms with Crippen LogP contribution in [-0.4, -0.2) is 50.8 Å². The van der Waals surface area contributed by atoms with Crippen LogP contribution in [0.5, 0.6) is 5.75 Å². The highest BCUT2D eigenvalue weighted by Crippen LogP contribution is 2.34. The van der Waals surface area contributed by atoms with Gasteiger partial charge in [0.05, 0.1) is 13.2 Å². The Kier molecular flexibility index (Phi) is 7.20. The Morgan fingerprint density at radius 2 is 1.85 bits per heavy atom. The molecular weight excluding hydrogens is 436 g/mol. The van der Waals surface area contributed by atoms with Gasteiger partial charge >= 0.3 is 0 Å². The Labute approximate surface area is 196 Å². The van der Waals surface area contributed by atoms with Crippen molar-refractivity contribution in [3.63, 3.8) is 0 Å². The molecule has 1 amide bonds. The van der Waals surface area contributed by atoms with Gasteiger partial charge in [-0.15, -0.1) is 0 Å².